The fourth-order valence-corrected chi connectivity index (χ4v) is 2.64. The lowest BCUT2D eigenvalue weighted by Crippen LogP contribution is -2.33. The zero-order valence-electron chi connectivity index (χ0n) is 14.4. The second kappa shape index (κ2) is 8.11. The van der Waals surface area contributed by atoms with E-state index < -0.39 is 0 Å². The molecular formula is C20H19N3O3. The van der Waals surface area contributed by atoms with Crippen molar-refractivity contribution in [1.82, 2.24) is 10.3 Å². The molecule has 6 heteroatoms. The number of methoxy groups -OCH3 is 1. The molecule has 0 spiro atoms. The van der Waals surface area contributed by atoms with Gasteiger partial charge in [-0.05, 0) is 22.4 Å². The molecule has 0 saturated carbocycles. The van der Waals surface area contributed by atoms with Crippen LogP contribution in [0.15, 0.2) is 60.8 Å². The average molecular weight is 349 g/mol. The lowest BCUT2D eigenvalue weighted by Gasteiger charge is -2.09. The minimum absolute atomic E-state index is 0.102. The highest BCUT2D eigenvalue weighted by atomic mass is 16.5. The first-order valence-electron chi connectivity index (χ1n) is 8.19. The van der Waals surface area contributed by atoms with Crippen LogP contribution in [0.2, 0.25) is 0 Å². The maximum Gasteiger partial charge on any atom is 0.243 e. The van der Waals surface area contributed by atoms with Crippen LogP contribution in [0, 0.1) is 0 Å². The van der Waals surface area contributed by atoms with Crippen LogP contribution in [0.3, 0.4) is 0 Å². The summed E-state index contributed by atoms with van der Waals surface area (Å²) >= 11 is 0. The van der Waals surface area contributed by atoms with Crippen LogP contribution < -0.4 is 15.4 Å². The number of nitrogens with zero attached hydrogens (tertiary/aromatic N) is 1. The summed E-state index contributed by atoms with van der Waals surface area (Å²) in [5.41, 5.74) is 1.47. The maximum atomic E-state index is 12.2. The number of rotatable bonds is 6. The van der Waals surface area contributed by atoms with Gasteiger partial charge in [0.25, 0.3) is 0 Å². The summed E-state index contributed by atoms with van der Waals surface area (Å²) in [6, 6.07) is 17.1. The lowest BCUT2D eigenvalue weighted by atomic mass is 10.0. The largest absolute Gasteiger partial charge is 0.481 e. The van der Waals surface area contributed by atoms with Gasteiger partial charge < -0.3 is 15.4 Å². The fraction of sp³-hybridized carbons (Fsp3) is 0.150. The fourth-order valence-electron chi connectivity index (χ4n) is 2.64. The Morgan fingerprint density at radius 3 is 2.58 bits per heavy atom. The van der Waals surface area contributed by atoms with Crippen molar-refractivity contribution in [2.24, 2.45) is 0 Å². The predicted molar refractivity (Wildman–Crippen MR) is 100 cm³/mol. The van der Waals surface area contributed by atoms with E-state index in [2.05, 4.69) is 15.6 Å². The number of amides is 2. The van der Waals surface area contributed by atoms with E-state index in [0.717, 1.165) is 16.3 Å². The molecule has 1 aromatic heterocycles. The second-order valence-corrected chi connectivity index (χ2v) is 5.73. The van der Waals surface area contributed by atoms with E-state index in [1.807, 2.05) is 42.5 Å². The Bertz CT molecular complexity index is 918. The monoisotopic (exact) mass is 349 g/mol. The highest BCUT2D eigenvalue weighted by Gasteiger charge is 2.09. The first-order valence-corrected chi connectivity index (χ1v) is 8.19. The van der Waals surface area contributed by atoms with Gasteiger partial charge in [-0.2, -0.15) is 0 Å². The molecule has 26 heavy (non-hydrogen) atoms. The van der Waals surface area contributed by atoms with Crippen molar-refractivity contribution in [2.75, 3.05) is 19.0 Å². The van der Waals surface area contributed by atoms with Crippen molar-refractivity contribution in [1.29, 1.82) is 0 Å². The number of hydrogen-bond donors (Lipinski definition) is 2. The van der Waals surface area contributed by atoms with Gasteiger partial charge in [0.1, 0.15) is 0 Å². The molecule has 0 fully saturated rings. The topological polar surface area (TPSA) is 80.3 Å². The highest BCUT2D eigenvalue weighted by Crippen LogP contribution is 2.18. The van der Waals surface area contributed by atoms with Crippen LogP contribution in [0.5, 0.6) is 5.88 Å². The molecule has 2 N–H and O–H groups in total. The first-order chi connectivity index (χ1) is 12.7. The molecule has 0 aliphatic heterocycles. The first kappa shape index (κ1) is 17.4. The van der Waals surface area contributed by atoms with Crippen molar-refractivity contribution in [3.63, 3.8) is 0 Å². The molecular weight excluding hydrogens is 330 g/mol. The normalized spacial score (nSPS) is 10.3. The zero-order chi connectivity index (χ0) is 18.4. The number of ether oxygens (including phenoxy) is 1. The van der Waals surface area contributed by atoms with Crippen molar-refractivity contribution < 1.29 is 14.3 Å². The van der Waals surface area contributed by atoms with E-state index in [-0.39, 0.29) is 24.8 Å². The third-order valence-corrected chi connectivity index (χ3v) is 3.91. The van der Waals surface area contributed by atoms with Gasteiger partial charge >= 0.3 is 0 Å². The molecule has 3 rings (SSSR count). The average Bonchev–Trinajstić information content (AvgIpc) is 2.67. The second-order valence-electron chi connectivity index (χ2n) is 5.73. The van der Waals surface area contributed by atoms with Gasteiger partial charge in [-0.3, -0.25) is 9.59 Å². The molecule has 2 amide bonds. The van der Waals surface area contributed by atoms with Crippen LogP contribution in [0.25, 0.3) is 10.8 Å². The number of benzene rings is 2. The Balaban J connectivity index is 1.54. The van der Waals surface area contributed by atoms with Crippen molar-refractivity contribution in [2.45, 2.75) is 6.42 Å². The smallest absolute Gasteiger partial charge is 0.243 e. The molecule has 0 unspecified atom stereocenters. The maximum absolute atomic E-state index is 12.2. The third kappa shape index (κ3) is 4.36. The van der Waals surface area contributed by atoms with Gasteiger partial charge in [0.2, 0.25) is 17.7 Å². The Labute approximate surface area is 151 Å². The summed E-state index contributed by atoms with van der Waals surface area (Å²) in [4.78, 5) is 28.1. The summed E-state index contributed by atoms with van der Waals surface area (Å²) in [6.45, 7) is -0.102. The molecule has 0 atom stereocenters. The number of hydrogen-bond acceptors (Lipinski definition) is 4. The van der Waals surface area contributed by atoms with Gasteiger partial charge in [0.05, 0.1) is 32.0 Å². The van der Waals surface area contributed by atoms with E-state index >= 15 is 0 Å². The van der Waals surface area contributed by atoms with Crippen LogP contribution in [-0.4, -0.2) is 30.5 Å². The van der Waals surface area contributed by atoms with Gasteiger partial charge in [-0.15, -0.1) is 0 Å². The zero-order valence-corrected chi connectivity index (χ0v) is 14.4. The number of carbonyl (C=O) groups is 2. The van der Waals surface area contributed by atoms with E-state index in [1.54, 1.807) is 12.1 Å². The summed E-state index contributed by atoms with van der Waals surface area (Å²) in [5, 5.41) is 7.44. The molecule has 0 bridgehead atoms. The standard InChI is InChI=1S/C20H19N3O3/c1-26-20-10-9-16(12-22-20)23-19(25)13-21-18(24)11-15-7-4-6-14-5-2-3-8-17(14)15/h2-10,12H,11,13H2,1H3,(H,21,24)(H,23,25). The number of carbonyl (C=O) groups excluding carboxylic acids is 2. The van der Waals surface area contributed by atoms with Crippen LogP contribution in [0.4, 0.5) is 5.69 Å². The third-order valence-electron chi connectivity index (χ3n) is 3.91. The number of pyridine rings is 1. The van der Waals surface area contributed by atoms with Crippen LogP contribution >= 0.6 is 0 Å². The van der Waals surface area contributed by atoms with E-state index in [1.165, 1.54) is 13.3 Å². The van der Waals surface area contributed by atoms with Gasteiger partial charge in [-0.1, -0.05) is 42.5 Å². The molecule has 0 saturated heterocycles. The lowest BCUT2D eigenvalue weighted by molar-refractivity contribution is -0.123. The Morgan fingerprint density at radius 2 is 1.81 bits per heavy atom. The van der Waals surface area contributed by atoms with E-state index in [0.29, 0.717) is 11.6 Å². The molecule has 132 valence electrons. The van der Waals surface area contributed by atoms with E-state index in [9.17, 15) is 9.59 Å². The van der Waals surface area contributed by atoms with Crippen molar-refractivity contribution in [3.05, 3.63) is 66.4 Å². The number of anilines is 1. The molecule has 6 nitrogen and oxygen atoms in total. The molecule has 3 aromatic rings. The van der Waals surface area contributed by atoms with Gasteiger partial charge in [0, 0.05) is 6.07 Å². The summed E-state index contributed by atoms with van der Waals surface area (Å²) in [6.07, 6.45) is 1.72. The number of fused-ring (bicyclic) bond motifs is 1. The minimum Gasteiger partial charge on any atom is -0.481 e. The van der Waals surface area contributed by atoms with Crippen molar-refractivity contribution >= 4 is 28.3 Å². The van der Waals surface area contributed by atoms with Crippen LogP contribution in [0.1, 0.15) is 5.56 Å². The van der Waals surface area contributed by atoms with Gasteiger partial charge in [-0.25, -0.2) is 4.98 Å². The van der Waals surface area contributed by atoms with Crippen molar-refractivity contribution in [3.8, 4) is 5.88 Å². The minimum atomic E-state index is -0.316. The SMILES string of the molecule is COc1ccc(NC(=O)CNC(=O)Cc2cccc3ccccc23)cn1. The summed E-state index contributed by atoms with van der Waals surface area (Å²) in [5.74, 6) is -0.0565. The van der Waals surface area contributed by atoms with Crippen LogP contribution in [-0.2, 0) is 16.0 Å². The molecule has 0 radical (unpaired) electrons. The molecule has 2 aromatic carbocycles. The molecule has 0 aliphatic carbocycles. The predicted octanol–water partition coefficient (Wildman–Crippen LogP) is 2.54. The quantitative estimate of drug-likeness (QED) is 0.717. The van der Waals surface area contributed by atoms with Gasteiger partial charge in [0.15, 0.2) is 0 Å². The summed E-state index contributed by atoms with van der Waals surface area (Å²) < 4.78 is 4.96. The Kier molecular flexibility index (Phi) is 5.43. The Morgan fingerprint density at radius 1 is 1.00 bits per heavy atom. The van der Waals surface area contributed by atoms with E-state index in [4.69, 9.17) is 4.74 Å². The molecule has 1 heterocycles. The number of nitrogens with one attached hydrogen (secondary N) is 2. The number of aromatic nitrogens is 1. The molecule has 0 aliphatic rings. The highest BCUT2D eigenvalue weighted by molar-refractivity contribution is 5.95. The Hall–Kier alpha value is -3.41. The summed E-state index contributed by atoms with van der Waals surface area (Å²) in [7, 11) is 1.52.